The first-order chi connectivity index (χ1) is 16.0. The first-order valence-corrected chi connectivity index (χ1v) is 13.4. The lowest BCUT2D eigenvalue weighted by Gasteiger charge is -2.35. The van der Waals surface area contributed by atoms with Gasteiger partial charge in [0.05, 0.1) is 10.6 Å². The molecule has 8 heteroatoms. The van der Waals surface area contributed by atoms with Crippen LogP contribution in [0.25, 0.3) is 0 Å². The normalized spacial score (nSPS) is 19.8. The van der Waals surface area contributed by atoms with Gasteiger partial charge in [-0.15, -0.1) is 11.8 Å². The summed E-state index contributed by atoms with van der Waals surface area (Å²) in [5.41, 5.74) is 2.88. The Balaban J connectivity index is 1.31. The maximum absolute atomic E-state index is 13.2. The monoisotopic (exact) mass is 479 g/mol. The molecule has 5 rings (SSSR count). The van der Waals surface area contributed by atoms with Crippen LogP contribution in [0.3, 0.4) is 0 Å². The molecule has 0 aliphatic carbocycles. The Morgan fingerprint density at radius 2 is 1.33 bits per heavy atom. The number of hydrogen-bond acceptors (Lipinski definition) is 5. The zero-order chi connectivity index (χ0) is 22.8. The van der Waals surface area contributed by atoms with Crippen LogP contribution >= 0.6 is 11.8 Å². The zero-order valence-corrected chi connectivity index (χ0v) is 19.7. The van der Waals surface area contributed by atoms with Crippen LogP contribution in [0, 0.1) is 0 Å². The molecular weight excluding hydrogens is 454 g/mol. The van der Waals surface area contributed by atoms with Crippen molar-refractivity contribution in [1.82, 2.24) is 4.31 Å². The molecular formula is C25H25N3O3S2. The van der Waals surface area contributed by atoms with Crippen LogP contribution in [-0.4, -0.2) is 50.6 Å². The summed E-state index contributed by atoms with van der Waals surface area (Å²) in [6.45, 7) is 2.19. The van der Waals surface area contributed by atoms with Crippen molar-refractivity contribution in [1.29, 1.82) is 0 Å². The van der Waals surface area contributed by atoms with E-state index in [1.54, 1.807) is 45.2 Å². The van der Waals surface area contributed by atoms with Crippen LogP contribution < -0.4 is 9.80 Å². The molecule has 0 saturated carbocycles. The third kappa shape index (κ3) is 4.38. The van der Waals surface area contributed by atoms with Gasteiger partial charge in [-0.3, -0.25) is 9.69 Å². The van der Waals surface area contributed by atoms with Gasteiger partial charge in [-0.1, -0.05) is 48.5 Å². The van der Waals surface area contributed by atoms with Crippen molar-refractivity contribution < 1.29 is 13.2 Å². The zero-order valence-electron chi connectivity index (χ0n) is 18.1. The Morgan fingerprint density at radius 3 is 1.97 bits per heavy atom. The number of carbonyl (C=O) groups is 1. The Hall–Kier alpha value is -2.81. The van der Waals surface area contributed by atoms with E-state index in [1.165, 1.54) is 0 Å². The number of thioether (sulfide) groups is 1. The molecule has 6 nitrogen and oxygen atoms in total. The molecule has 2 heterocycles. The molecule has 170 valence electrons. The lowest BCUT2D eigenvalue weighted by Crippen LogP contribution is -2.48. The second kappa shape index (κ2) is 9.21. The molecule has 0 radical (unpaired) electrons. The lowest BCUT2D eigenvalue weighted by atomic mass is 10.2. The number of para-hydroxylation sites is 1. The average molecular weight is 480 g/mol. The van der Waals surface area contributed by atoms with E-state index >= 15 is 0 Å². The second-order valence-electron chi connectivity index (χ2n) is 8.06. The van der Waals surface area contributed by atoms with Crippen LogP contribution in [0.5, 0.6) is 0 Å². The van der Waals surface area contributed by atoms with E-state index in [9.17, 15) is 13.2 Å². The molecule has 0 aromatic heterocycles. The summed E-state index contributed by atoms with van der Waals surface area (Å²) in [5.74, 6) is 0.437. The maximum Gasteiger partial charge on any atom is 0.243 e. The number of sulfonamides is 1. The number of piperazine rings is 1. The summed E-state index contributed by atoms with van der Waals surface area (Å²) in [4.78, 5) is 16.8. The summed E-state index contributed by atoms with van der Waals surface area (Å²) in [6, 6.07) is 26.7. The molecule has 1 atom stereocenters. The highest BCUT2D eigenvalue weighted by molar-refractivity contribution is 8.00. The van der Waals surface area contributed by atoms with Crippen molar-refractivity contribution in [2.24, 2.45) is 0 Å². The molecule has 0 bridgehead atoms. The van der Waals surface area contributed by atoms with Gasteiger partial charge >= 0.3 is 0 Å². The summed E-state index contributed by atoms with van der Waals surface area (Å²) in [7, 11) is -3.59. The molecule has 2 aliphatic heterocycles. The van der Waals surface area contributed by atoms with Crippen molar-refractivity contribution in [2.75, 3.05) is 41.7 Å². The van der Waals surface area contributed by atoms with Gasteiger partial charge in [0.1, 0.15) is 5.37 Å². The van der Waals surface area contributed by atoms with Crippen molar-refractivity contribution in [3.8, 4) is 0 Å². The average Bonchev–Trinajstić information content (AvgIpc) is 3.26. The van der Waals surface area contributed by atoms with Gasteiger partial charge in [-0.05, 0) is 42.0 Å². The van der Waals surface area contributed by atoms with Crippen molar-refractivity contribution in [3.05, 3.63) is 90.5 Å². The molecule has 3 aromatic rings. The highest BCUT2D eigenvalue weighted by atomic mass is 32.2. The number of rotatable bonds is 5. The van der Waals surface area contributed by atoms with Gasteiger partial charge in [0.15, 0.2) is 0 Å². The minimum absolute atomic E-state index is 0.0292. The van der Waals surface area contributed by atoms with Crippen LogP contribution in [0.4, 0.5) is 11.4 Å². The summed E-state index contributed by atoms with van der Waals surface area (Å²) >= 11 is 1.58. The molecule has 0 N–H and O–H groups in total. The van der Waals surface area contributed by atoms with Crippen molar-refractivity contribution >= 4 is 39.1 Å². The number of nitrogens with zero attached hydrogens (tertiary/aromatic N) is 3. The van der Waals surface area contributed by atoms with Crippen molar-refractivity contribution in [3.63, 3.8) is 0 Å². The molecule has 2 aliphatic rings. The molecule has 2 saturated heterocycles. The van der Waals surface area contributed by atoms with E-state index in [4.69, 9.17) is 0 Å². The highest BCUT2D eigenvalue weighted by Gasteiger charge is 2.34. The first-order valence-electron chi connectivity index (χ1n) is 10.9. The van der Waals surface area contributed by atoms with Gasteiger partial charge < -0.3 is 4.90 Å². The molecule has 3 aromatic carbocycles. The maximum atomic E-state index is 13.2. The first kappa shape index (κ1) is 22.0. The predicted octanol–water partition coefficient (Wildman–Crippen LogP) is 3.98. The topological polar surface area (TPSA) is 60.9 Å². The van der Waals surface area contributed by atoms with Crippen LogP contribution in [0.1, 0.15) is 10.9 Å². The third-order valence-corrected chi connectivity index (χ3v) is 9.19. The van der Waals surface area contributed by atoms with E-state index in [0.717, 1.165) is 11.3 Å². The minimum atomic E-state index is -3.59. The van der Waals surface area contributed by atoms with Gasteiger partial charge in [-0.25, -0.2) is 8.42 Å². The van der Waals surface area contributed by atoms with Crippen LogP contribution in [-0.2, 0) is 14.8 Å². The molecule has 2 fully saturated rings. The lowest BCUT2D eigenvalue weighted by molar-refractivity contribution is -0.115. The SMILES string of the molecule is O=C1CSC(c2ccccc2)N1c1ccc(S(=O)(=O)N2CCN(c3ccccc3)CC2)cc1. The number of amides is 1. The van der Waals surface area contributed by atoms with Crippen molar-refractivity contribution in [2.45, 2.75) is 10.3 Å². The Kier molecular flexibility index (Phi) is 6.14. The smallest absolute Gasteiger partial charge is 0.243 e. The standard InChI is InChI=1S/C25H25N3O3S2/c29-24-19-32-25(20-7-3-1-4-8-20)28(24)22-11-13-23(14-12-22)33(30,31)27-17-15-26(16-18-27)21-9-5-2-6-10-21/h1-14,25H,15-19H2. The number of hydrogen-bond donors (Lipinski definition) is 0. The summed E-state index contributed by atoms with van der Waals surface area (Å²) in [5, 5.41) is -0.104. The third-order valence-electron chi connectivity index (χ3n) is 6.07. The van der Waals surface area contributed by atoms with Crippen LogP contribution in [0.2, 0.25) is 0 Å². The van der Waals surface area contributed by atoms with Gasteiger partial charge in [-0.2, -0.15) is 4.31 Å². The Morgan fingerprint density at radius 1 is 0.727 bits per heavy atom. The largest absolute Gasteiger partial charge is 0.369 e. The fraction of sp³-hybridized carbons (Fsp3) is 0.240. The Labute approximate surface area is 198 Å². The number of anilines is 2. The fourth-order valence-electron chi connectivity index (χ4n) is 4.32. The number of carbonyl (C=O) groups excluding carboxylic acids is 1. The fourth-order valence-corrected chi connectivity index (χ4v) is 6.92. The predicted molar refractivity (Wildman–Crippen MR) is 133 cm³/mol. The Bertz CT molecular complexity index is 1210. The molecule has 1 amide bonds. The van der Waals surface area contributed by atoms with E-state index in [0.29, 0.717) is 37.6 Å². The minimum Gasteiger partial charge on any atom is -0.369 e. The van der Waals surface area contributed by atoms with Gasteiger partial charge in [0.2, 0.25) is 15.9 Å². The van der Waals surface area contributed by atoms with E-state index in [1.807, 2.05) is 60.7 Å². The molecule has 0 spiro atoms. The second-order valence-corrected chi connectivity index (χ2v) is 11.1. The number of benzene rings is 3. The van der Waals surface area contributed by atoms with Gasteiger partial charge in [0.25, 0.3) is 0 Å². The van der Waals surface area contributed by atoms with Gasteiger partial charge in [0, 0.05) is 37.6 Å². The quantitative estimate of drug-likeness (QED) is 0.554. The van der Waals surface area contributed by atoms with E-state index in [2.05, 4.69) is 4.90 Å². The van der Waals surface area contributed by atoms with Crippen LogP contribution in [0.15, 0.2) is 89.8 Å². The van der Waals surface area contributed by atoms with E-state index < -0.39 is 10.0 Å². The summed E-state index contributed by atoms with van der Waals surface area (Å²) in [6.07, 6.45) is 0. The highest BCUT2D eigenvalue weighted by Crippen LogP contribution is 2.41. The molecule has 33 heavy (non-hydrogen) atoms. The molecule has 1 unspecified atom stereocenters. The van der Waals surface area contributed by atoms with E-state index in [-0.39, 0.29) is 16.2 Å². The summed E-state index contributed by atoms with van der Waals surface area (Å²) < 4.78 is 28.0.